The van der Waals surface area contributed by atoms with Gasteiger partial charge in [0.1, 0.15) is 6.10 Å². The third kappa shape index (κ3) is 5.53. The molecule has 0 spiro atoms. The number of benzene rings is 1. The van der Waals surface area contributed by atoms with Crippen molar-refractivity contribution in [3.8, 4) is 0 Å². The second-order valence-corrected chi connectivity index (χ2v) is 7.82. The van der Waals surface area contributed by atoms with Crippen molar-refractivity contribution >= 4 is 11.9 Å². The fourth-order valence-corrected chi connectivity index (χ4v) is 3.99. The van der Waals surface area contributed by atoms with Gasteiger partial charge in [0.25, 0.3) is 5.91 Å². The highest BCUT2D eigenvalue weighted by molar-refractivity contribution is 5.82. The zero-order valence-corrected chi connectivity index (χ0v) is 16.5. The van der Waals surface area contributed by atoms with Crippen LogP contribution in [-0.4, -0.2) is 53.7 Å². The van der Waals surface area contributed by atoms with E-state index in [2.05, 4.69) is 35.1 Å². The highest BCUT2D eigenvalue weighted by Gasteiger charge is 2.35. The summed E-state index contributed by atoms with van der Waals surface area (Å²) in [5.41, 5.74) is 8.09. The Labute approximate surface area is 166 Å². The Bertz CT molecular complexity index is 654. The van der Waals surface area contributed by atoms with Crippen LogP contribution < -0.4 is 10.9 Å². The van der Waals surface area contributed by atoms with Crippen LogP contribution in [0.2, 0.25) is 0 Å². The van der Waals surface area contributed by atoms with Crippen molar-refractivity contribution in [3.05, 3.63) is 35.9 Å². The van der Waals surface area contributed by atoms with E-state index in [1.165, 1.54) is 5.56 Å². The lowest BCUT2D eigenvalue weighted by molar-refractivity contribution is -0.154. The quantitative estimate of drug-likeness (QED) is 0.561. The first-order chi connectivity index (χ1) is 13.5. The minimum Gasteiger partial charge on any atom is -0.479 e. The van der Waals surface area contributed by atoms with Crippen LogP contribution in [0.4, 0.5) is 0 Å². The predicted molar refractivity (Wildman–Crippen MR) is 105 cm³/mol. The van der Waals surface area contributed by atoms with E-state index < -0.39 is 18.2 Å². The van der Waals surface area contributed by atoms with Gasteiger partial charge in [-0.1, -0.05) is 43.2 Å². The number of ether oxygens (including phenoxy) is 1. The molecule has 1 aromatic rings. The first kappa shape index (κ1) is 20.8. The topological polar surface area (TPSA) is 90.9 Å². The van der Waals surface area contributed by atoms with Gasteiger partial charge < -0.3 is 14.7 Å². The van der Waals surface area contributed by atoms with Crippen LogP contribution in [0.25, 0.3) is 0 Å². The number of likely N-dealkylation sites (N-methyl/N-ethyl adjacent to an activating group) is 1. The molecule has 2 aliphatic rings. The molecule has 28 heavy (non-hydrogen) atoms. The molecule has 4 atom stereocenters. The van der Waals surface area contributed by atoms with Gasteiger partial charge in [0, 0.05) is 25.7 Å². The number of nitrogens with one attached hydrogen (secondary N) is 2. The summed E-state index contributed by atoms with van der Waals surface area (Å²) in [5.74, 6) is -1.08. The number of nitrogens with zero attached hydrogens (tertiary/aromatic N) is 1. The first-order valence-electron chi connectivity index (χ1n) is 10.2. The molecule has 0 saturated carbocycles. The number of carboxylic acid groups (broad SMARTS) is 1. The average molecular weight is 389 g/mol. The van der Waals surface area contributed by atoms with Crippen molar-refractivity contribution in [2.75, 3.05) is 13.6 Å². The average Bonchev–Trinajstić information content (AvgIpc) is 3.37. The SMILES string of the molecule is CN(CCCCCC1CC(c2ccccc2)NN1)C(=O)[C@@H]1CC[C@H](C(=O)O)O1. The maximum absolute atomic E-state index is 12.3. The molecular formula is C21H31N3O4. The monoisotopic (exact) mass is 389 g/mol. The number of aliphatic carboxylic acids is 1. The van der Waals surface area contributed by atoms with Crippen LogP contribution in [0.3, 0.4) is 0 Å². The van der Waals surface area contributed by atoms with Gasteiger partial charge in [0.15, 0.2) is 6.10 Å². The molecule has 0 radical (unpaired) electrons. The summed E-state index contributed by atoms with van der Waals surface area (Å²) < 4.78 is 5.34. The maximum Gasteiger partial charge on any atom is 0.332 e. The largest absolute Gasteiger partial charge is 0.479 e. The minimum atomic E-state index is -0.984. The Balaban J connectivity index is 1.28. The minimum absolute atomic E-state index is 0.101. The summed E-state index contributed by atoms with van der Waals surface area (Å²) in [5, 5.41) is 8.96. The molecule has 2 unspecified atom stereocenters. The second kappa shape index (κ2) is 10.0. The van der Waals surface area contributed by atoms with E-state index in [9.17, 15) is 9.59 Å². The zero-order valence-electron chi connectivity index (χ0n) is 16.5. The van der Waals surface area contributed by atoms with Gasteiger partial charge in [0.2, 0.25) is 0 Å². The van der Waals surface area contributed by atoms with Crippen LogP contribution in [0, 0.1) is 0 Å². The van der Waals surface area contributed by atoms with Gasteiger partial charge in [-0.3, -0.25) is 15.6 Å². The number of carbonyl (C=O) groups is 2. The van der Waals surface area contributed by atoms with E-state index in [1.807, 2.05) is 6.07 Å². The van der Waals surface area contributed by atoms with Gasteiger partial charge in [-0.15, -0.1) is 0 Å². The molecule has 1 amide bonds. The van der Waals surface area contributed by atoms with Crippen molar-refractivity contribution in [3.63, 3.8) is 0 Å². The molecule has 3 rings (SSSR count). The lowest BCUT2D eigenvalue weighted by atomic mass is 9.99. The van der Waals surface area contributed by atoms with E-state index >= 15 is 0 Å². The van der Waals surface area contributed by atoms with E-state index in [1.54, 1.807) is 11.9 Å². The number of hydrazine groups is 1. The molecule has 2 saturated heterocycles. The summed E-state index contributed by atoms with van der Waals surface area (Å²) in [6.45, 7) is 0.680. The number of unbranched alkanes of at least 4 members (excludes halogenated alkanes) is 2. The highest BCUT2D eigenvalue weighted by Crippen LogP contribution is 2.24. The van der Waals surface area contributed by atoms with Crippen molar-refractivity contribution in [1.29, 1.82) is 0 Å². The number of hydrogen-bond donors (Lipinski definition) is 3. The number of carbonyl (C=O) groups excluding carboxylic acids is 1. The van der Waals surface area contributed by atoms with Crippen molar-refractivity contribution in [1.82, 2.24) is 15.8 Å². The number of hydrogen-bond acceptors (Lipinski definition) is 5. The normalized spacial score (nSPS) is 27.0. The summed E-state index contributed by atoms with van der Waals surface area (Å²) in [7, 11) is 1.77. The van der Waals surface area contributed by atoms with Crippen LogP contribution in [0.1, 0.15) is 56.6 Å². The van der Waals surface area contributed by atoms with Crippen molar-refractivity contribution < 1.29 is 19.4 Å². The standard InChI is InChI=1S/C21H31N3O4/c1-24(20(25)18-11-12-19(28-18)21(26)27)13-7-3-6-10-16-14-17(23-22-16)15-8-4-2-5-9-15/h2,4-5,8-9,16-19,22-23H,3,6-7,10-14H2,1H3,(H,26,27)/t16?,17?,18-,19+/m0/s1. The molecule has 0 aromatic heterocycles. The zero-order chi connectivity index (χ0) is 19.9. The Kier molecular flexibility index (Phi) is 7.42. The van der Waals surface area contributed by atoms with E-state index in [0.717, 1.165) is 32.1 Å². The fourth-order valence-electron chi connectivity index (χ4n) is 3.99. The lowest BCUT2D eigenvalue weighted by Crippen LogP contribution is -2.37. The smallest absolute Gasteiger partial charge is 0.332 e. The van der Waals surface area contributed by atoms with Crippen LogP contribution >= 0.6 is 0 Å². The third-order valence-electron chi connectivity index (χ3n) is 5.68. The van der Waals surface area contributed by atoms with Gasteiger partial charge in [-0.25, -0.2) is 4.79 Å². The number of rotatable bonds is 9. The highest BCUT2D eigenvalue weighted by atomic mass is 16.5. The maximum atomic E-state index is 12.3. The molecule has 3 N–H and O–H groups in total. The summed E-state index contributed by atoms with van der Waals surface area (Å²) in [6, 6.07) is 11.3. The van der Waals surface area contributed by atoms with Crippen LogP contribution in [-0.2, 0) is 14.3 Å². The molecule has 2 aliphatic heterocycles. The van der Waals surface area contributed by atoms with Crippen molar-refractivity contribution in [2.24, 2.45) is 0 Å². The van der Waals surface area contributed by atoms with Crippen LogP contribution in [0.15, 0.2) is 30.3 Å². The molecule has 0 aliphatic carbocycles. The van der Waals surface area contributed by atoms with E-state index in [0.29, 0.717) is 31.5 Å². The summed E-state index contributed by atoms with van der Waals surface area (Å²) in [4.78, 5) is 25.0. The van der Waals surface area contributed by atoms with E-state index in [4.69, 9.17) is 9.84 Å². The second-order valence-electron chi connectivity index (χ2n) is 7.82. The van der Waals surface area contributed by atoms with Gasteiger partial charge >= 0.3 is 5.97 Å². The lowest BCUT2D eigenvalue weighted by Gasteiger charge is -2.21. The summed E-state index contributed by atoms with van der Waals surface area (Å²) >= 11 is 0. The fraction of sp³-hybridized carbons (Fsp3) is 0.619. The molecule has 0 bridgehead atoms. The van der Waals surface area contributed by atoms with Crippen LogP contribution in [0.5, 0.6) is 0 Å². The van der Waals surface area contributed by atoms with Crippen molar-refractivity contribution in [2.45, 2.75) is 69.2 Å². The Morgan fingerprint density at radius 1 is 1.11 bits per heavy atom. The van der Waals surface area contributed by atoms with Gasteiger partial charge in [-0.2, -0.15) is 0 Å². The third-order valence-corrected chi connectivity index (χ3v) is 5.68. The predicted octanol–water partition coefficient (Wildman–Crippen LogP) is 2.25. The number of amides is 1. The Morgan fingerprint density at radius 3 is 2.57 bits per heavy atom. The van der Waals surface area contributed by atoms with Gasteiger partial charge in [0.05, 0.1) is 0 Å². The van der Waals surface area contributed by atoms with Gasteiger partial charge in [-0.05, 0) is 37.7 Å². The molecule has 154 valence electrons. The molecular weight excluding hydrogens is 358 g/mol. The number of carboxylic acids is 1. The molecule has 2 fully saturated rings. The first-order valence-corrected chi connectivity index (χ1v) is 10.2. The summed E-state index contributed by atoms with van der Waals surface area (Å²) in [6.07, 6.45) is 4.78. The Hall–Kier alpha value is -1.96. The molecule has 2 heterocycles. The molecule has 7 nitrogen and oxygen atoms in total. The molecule has 7 heteroatoms. The Morgan fingerprint density at radius 2 is 1.86 bits per heavy atom. The van der Waals surface area contributed by atoms with E-state index in [-0.39, 0.29) is 5.91 Å². The molecule has 1 aromatic carbocycles.